The van der Waals surface area contributed by atoms with Crippen LogP contribution in [0, 0.1) is 5.92 Å². The number of Topliss-reactive ketones (excluding diaryl/α,β-unsaturated/α-hetero) is 1. The van der Waals surface area contributed by atoms with E-state index in [0.29, 0.717) is 23.1 Å². The molecule has 1 saturated heterocycles. The highest BCUT2D eigenvalue weighted by Gasteiger charge is 2.22. The van der Waals surface area contributed by atoms with E-state index in [4.69, 9.17) is 11.6 Å². The average Bonchev–Trinajstić information content (AvgIpc) is 2.72. The van der Waals surface area contributed by atoms with Crippen LogP contribution < -0.4 is 5.32 Å². The number of halogens is 1. The molecule has 0 aliphatic carbocycles. The van der Waals surface area contributed by atoms with E-state index >= 15 is 0 Å². The fraction of sp³-hybridized carbons (Fsp3) is 0.692. The Morgan fingerprint density at radius 2 is 2.50 bits per heavy atom. The third kappa shape index (κ3) is 3.12. The largest absolute Gasteiger partial charge is 0.316 e. The first kappa shape index (κ1) is 13.6. The summed E-state index contributed by atoms with van der Waals surface area (Å²) >= 11 is 6.07. The molecule has 18 heavy (non-hydrogen) atoms. The van der Waals surface area contributed by atoms with Gasteiger partial charge in [-0.05, 0) is 38.3 Å². The van der Waals surface area contributed by atoms with Crippen LogP contribution in [0.3, 0.4) is 0 Å². The summed E-state index contributed by atoms with van der Waals surface area (Å²) < 4.78 is 1.74. The molecule has 5 heteroatoms. The van der Waals surface area contributed by atoms with Crippen LogP contribution >= 0.6 is 11.6 Å². The van der Waals surface area contributed by atoms with Crippen LogP contribution in [-0.2, 0) is 6.54 Å². The highest BCUT2D eigenvalue weighted by Crippen LogP contribution is 2.22. The molecule has 0 radical (unpaired) electrons. The van der Waals surface area contributed by atoms with Gasteiger partial charge < -0.3 is 5.32 Å². The molecule has 1 aromatic heterocycles. The maximum Gasteiger partial charge on any atom is 0.182 e. The smallest absolute Gasteiger partial charge is 0.182 e. The monoisotopic (exact) mass is 269 g/mol. The van der Waals surface area contributed by atoms with Crippen LogP contribution in [-0.4, -0.2) is 28.7 Å². The number of hydrogen-bond acceptors (Lipinski definition) is 3. The Morgan fingerprint density at radius 1 is 1.67 bits per heavy atom. The van der Waals surface area contributed by atoms with Gasteiger partial charge in [0.2, 0.25) is 0 Å². The maximum atomic E-state index is 12.3. The Bertz CT molecular complexity index is 410. The van der Waals surface area contributed by atoms with E-state index in [9.17, 15) is 4.79 Å². The Labute approximate surface area is 113 Å². The second-order valence-electron chi connectivity index (χ2n) is 4.90. The quantitative estimate of drug-likeness (QED) is 0.836. The fourth-order valence-electron chi connectivity index (χ4n) is 2.48. The van der Waals surface area contributed by atoms with Gasteiger partial charge in [-0.15, -0.1) is 0 Å². The van der Waals surface area contributed by atoms with Crippen molar-refractivity contribution < 1.29 is 4.79 Å². The van der Waals surface area contributed by atoms with E-state index in [2.05, 4.69) is 17.3 Å². The average molecular weight is 270 g/mol. The van der Waals surface area contributed by atoms with Crippen molar-refractivity contribution in [1.29, 1.82) is 0 Å². The Kier molecular flexibility index (Phi) is 4.78. The molecule has 1 unspecified atom stereocenters. The molecule has 1 aliphatic rings. The van der Waals surface area contributed by atoms with Crippen molar-refractivity contribution in [3.05, 3.63) is 16.9 Å². The van der Waals surface area contributed by atoms with E-state index < -0.39 is 0 Å². The van der Waals surface area contributed by atoms with E-state index in [1.807, 2.05) is 0 Å². The number of hydrogen-bond donors (Lipinski definition) is 1. The van der Waals surface area contributed by atoms with E-state index in [0.717, 1.165) is 38.9 Å². The van der Waals surface area contributed by atoms with Crippen LogP contribution in [0.15, 0.2) is 6.20 Å². The number of aromatic nitrogens is 2. The number of nitrogens with one attached hydrogen (secondary N) is 1. The minimum absolute atomic E-state index is 0.125. The first-order valence-electron chi connectivity index (χ1n) is 6.67. The molecular formula is C13H20ClN3O. The lowest BCUT2D eigenvalue weighted by Gasteiger charge is -2.22. The lowest BCUT2D eigenvalue weighted by Crippen LogP contribution is -2.31. The zero-order valence-corrected chi connectivity index (χ0v) is 11.5. The topological polar surface area (TPSA) is 46.9 Å². The molecule has 2 rings (SSSR count). The summed E-state index contributed by atoms with van der Waals surface area (Å²) in [5, 5.41) is 7.98. The van der Waals surface area contributed by atoms with Gasteiger partial charge in [-0.2, -0.15) is 5.10 Å². The van der Waals surface area contributed by atoms with E-state index in [-0.39, 0.29) is 5.78 Å². The first-order chi connectivity index (χ1) is 8.72. The SMILES string of the molecule is CCCn1ncc(Cl)c1C(=O)CC1CCCNC1. The number of carbonyl (C=O) groups excluding carboxylic acids is 1. The van der Waals surface area contributed by atoms with Crippen LogP contribution in [0.4, 0.5) is 0 Å². The Morgan fingerprint density at radius 3 is 3.17 bits per heavy atom. The second kappa shape index (κ2) is 6.34. The molecule has 0 amide bonds. The van der Waals surface area contributed by atoms with Crippen LogP contribution in [0.25, 0.3) is 0 Å². The molecule has 1 fully saturated rings. The third-order valence-corrected chi connectivity index (χ3v) is 3.64. The van der Waals surface area contributed by atoms with Gasteiger partial charge >= 0.3 is 0 Å². The highest BCUT2D eigenvalue weighted by molar-refractivity contribution is 6.33. The Hall–Kier alpha value is -0.870. The van der Waals surface area contributed by atoms with E-state index in [1.165, 1.54) is 0 Å². The van der Waals surface area contributed by atoms with Crippen molar-refractivity contribution in [3.8, 4) is 0 Å². The molecule has 2 heterocycles. The minimum atomic E-state index is 0.125. The van der Waals surface area contributed by atoms with Gasteiger partial charge in [-0.1, -0.05) is 18.5 Å². The predicted octanol–water partition coefficient (Wildman–Crippen LogP) is 2.52. The van der Waals surface area contributed by atoms with Crippen molar-refractivity contribution in [1.82, 2.24) is 15.1 Å². The standard InChI is InChI=1S/C13H20ClN3O/c1-2-6-17-13(11(14)9-16-17)12(18)7-10-4-3-5-15-8-10/h9-10,15H,2-8H2,1H3. The lowest BCUT2D eigenvalue weighted by molar-refractivity contribution is 0.0943. The molecule has 1 N–H and O–H groups in total. The molecule has 100 valence electrons. The fourth-order valence-corrected chi connectivity index (χ4v) is 2.72. The first-order valence-corrected chi connectivity index (χ1v) is 7.05. The summed E-state index contributed by atoms with van der Waals surface area (Å²) in [6, 6.07) is 0. The van der Waals surface area contributed by atoms with Crippen LogP contribution in [0.2, 0.25) is 5.02 Å². The van der Waals surface area contributed by atoms with Crippen LogP contribution in [0.5, 0.6) is 0 Å². The molecule has 0 spiro atoms. The van der Waals surface area contributed by atoms with Gasteiger partial charge in [0.15, 0.2) is 5.78 Å². The summed E-state index contributed by atoms with van der Waals surface area (Å²) in [7, 11) is 0. The summed E-state index contributed by atoms with van der Waals surface area (Å²) in [5.74, 6) is 0.562. The Balaban J connectivity index is 2.05. The number of rotatable bonds is 5. The van der Waals surface area contributed by atoms with E-state index in [1.54, 1.807) is 10.9 Å². The number of aryl methyl sites for hydroxylation is 1. The van der Waals surface area contributed by atoms with Gasteiger partial charge in [0, 0.05) is 13.0 Å². The second-order valence-corrected chi connectivity index (χ2v) is 5.31. The van der Waals surface area contributed by atoms with Gasteiger partial charge in [-0.3, -0.25) is 9.48 Å². The van der Waals surface area contributed by atoms with Crippen LogP contribution in [0.1, 0.15) is 43.1 Å². The number of nitrogens with zero attached hydrogens (tertiary/aromatic N) is 2. The van der Waals surface area contributed by atoms with Crippen molar-refractivity contribution in [3.63, 3.8) is 0 Å². The van der Waals surface area contributed by atoms with Crippen molar-refractivity contribution in [2.45, 2.75) is 39.2 Å². The van der Waals surface area contributed by atoms with Crippen molar-refractivity contribution in [2.75, 3.05) is 13.1 Å². The van der Waals surface area contributed by atoms with Crippen molar-refractivity contribution >= 4 is 17.4 Å². The molecular weight excluding hydrogens is 250 g/mol. The summed E-state index contributed by atoms with van der Waals surface area (Å²) in [4.78, 5) is 12.3. The number of carbonyl (C=O) groups is 1. The predicted molar refractivity (Wildman–Crippen MR) is 72.1 cm³/mol. The third-order valence-electron chi connectivity index (χ3n) is 3.37. The minimum Gasteiger partial charge on any atom is -0.316 e. The zero-order chi connectivity index (χ0) is 13.0. The van der Waals surface area contributed by atoms with Gasteiger partial charge in [0.05, 0.1) is 11.2 Å². The summed E-state index contributed by atoms with van der Waals surface area (Å²) in [6.07, 6.45) is 5.37. The summed E-state index contributed by atoms with van der Waals surface area (Å²) in [6.45, 7) is 4.82. The molecule has 1 atom stereocenters. The van der Waals surface area contributed by atoms with Crippen molar-refractivity contribution in [2.24, 2.45) is 5.92 Å². The normalized spacial score (nSPS) is 20.0. The number of ketones is 1. The van der Waals surface area contributed by atoms with Gasteiger partial charge in [-0.25, -0.2) is 0 Å². The molecule has 1 aliphatic heterocycles. The lowest BCUT2D eigenvalue weighted by atomic mass is 9.93. The zero-order valence-electron chi connectivity index (χ0n) is 10.8. The molecule has 0 aromatic carbocycles. The highest BCUT2D eigenvalue weighted by atomic mass is 35.5. The molecule has 1 aromatic rings. The molecule has 0 saturated carbocycles. The molecule has 4 nitrogen and oxygen atoms in total. The van der Waals surface area contributed by atoms with Gasteiger partial charge in [0.1, 0.15) is 5.69 Å². The number of piperidine rings is 1. The van der Waals surface area contributed by atoms with Gasteiger partial charge in [0.25, 0.3) is 0 Å². The molecule has 0 bridgehead atoms. The summed E-state index contributed by atoms with van der Waals surface area (Å²) in [5.41, 5.74) is 0.587. The maximum absolute atomic E-state index is 12.3.